The molecule has 3 rings (SSSR count). The molecule has 1 amide bonds. The Morgan fingerprint density at radius 1 is 1.13 bits per heavy atom. The molecule has 0 saturated carbocycles. The van der Waals surface area contributed by atoms with E-state index >= 15 is 0 Å². The van der Waals surface area contributed by atoms with Crippen molar-refractivity contribution in [3.63, 3.8) is 0 Å². The highest BCUT2D eigenvalue weighted by Gasteiger charge is 2.35. The number of amides is 1. The Hall–Kier alpha value is -2.03. The second-order valence-electron chi connectivity index (χ2n) is 7.43. The molecule has 0 aromatic heterocycles. The lowest BCUT2D eigenvalue weighted by molar-refractivity contribution is -0.137. The molecule has 0 radical (unpaired) electrons. The third-order valence-electron chi connectivity index (χ3n) is 5.60. The van der Waals surface area contributed by atoms with E-state index in [1.54, 1.807) is 24.1 Å². The SMILES string of the molecule is CC(c1ccc(Cl)cc1)N(C)C(=O)C1CCN(S(=O)(=O)c2cc(F)ccc2F)CC1. The zero-order valence-electron chi connectivity index (χ0n) is 16.7. The number of halogens is 3. The van der Waals surface area contributed by atoms with Crippen molar-refractivity contribution in [2.75, 3.05) is 20.1 Å². The number of hydrogen-bond donors (Lipinski definition) is 0. The van der Waals surface area contributed by atoms with Gasteiger partial charge < -0.3 is 4.90 Å². The van der Waals surface area contributed by atoms with E-state index in [-0.39, 0.29) is 31.0 Å². The third-order valence-corrected chi connectivity index (χ3v) is 7.76. The number of nitrogens with zero attached hydrogens (tertiary/aromatic N) is 2. The summed E-state index contributed by atoms with van der Waals surface area (Å²) in [7, 11) is -2.45. The van der Waals surface area contributed by atoms with E-state index in [0.717, 1.165) is 22.0 Å². The predicted molar refractivity (Wildman–Crippen MR) is 110 cm³/mol. The molecule has 1 heterocycles. The van der Waals surface area contributed by atoms with Crippen molar-refractivity contribution < 1.29 is 22.0 Å². The van der Waals surface area contributed by atoms with Crippen LogP contribution in [0.4, 0.5) is 8.78 Å². The molecule has 1 aliphatic rings. The predicted octanol–water partition coefficient (Wildman–Crippen LogP) is 4.24. The van der Waals surface area contributed by atoms with Crippen LogP contribution in [0.15, 0.2) is 47.4 Å². The van der Waals surface area contributed by atoms with E-state index in [2.05, 4.69) is 0 Å². The molecule has 9 heteroatoms. The van der Waals surface area contributed by atoms with Crippen molar-refractivity contribution in [2.24, 2.45) is 5.92 Å². The van der Waals surface area contributed by atoms with Crippen LogP contribution in [0.3, 0.4) is 0 Å². The first kappa shape index (κ1) is 22.7. The van der Waals surface area contributed by atoms with Gasteiger partial charge in [-0.15, -0.1) is 0 Å². The summed E-state index contributed by atoms with van der Waals surface area (Å²) < 4.78 is 53.9. The molecular formula is C21H23ClF2N2O3S. The van der Waals surface area contributed by atoms with Gasteiger partial charge in [0, 0.05) is 31.1 Å². The molecule has 0 N–H and O–H groups in total. The lowest BCUT2D eigenvalue weighted by Crippen LogP contribution is -2.44. The van der Waals surface area contributed by atoms with E-state index in [1.807, 2.05) is 19.1 Å². The molecule has 1 unspecified atom stereocenters. The summed E-state index contributed by atoms with van der Waals surface area (Å²) in [6.45, 7) is 2.04. The van der Waals surface area contributed by atoms with Crippen LogP contribution in [0, 0.1) is 17.6 Å². The van der Waals surface area contributed by atoms with Gasteiger partial charge >= 0.3 is 0 Å². The normalized spacial score (nSPS) is 17.0. The maximum atomic E-state index is 14.0. The van der Waals surface area contributed by atoms with E-state index < -0.39 is 26.6 Å². The Bertz CT molecular complexity index is 1020. The average molecular weight is 457 g/mol. The van der Waals surface area contributed by atoms with Crippen LogP contribution in [0.5, 0.6) is 0 Å². The molecule has 5 nitrogen and oxygen atoms in total. The van der Waals surface area contributed by atoms with Crippen LogP contribution in [0.2, 0.25) is 5.02 Å². The van der Waals surface area contributed by atoms with Crippen molar-refractivity contribution in [3.8, 4) is 0 Å². The Morgan fingerprint density at radius 3 is 2.33 bits per heavy atom. The molecule has 1 fully saturated rings. The molecule has 30 heavy (non-hydrogen) atoms. The molecule has 0 spiro atoms. The smallest absolute Gasteiger partial charge is 0.246 e. The minimum atomic E-state index is -4.17. The molecule has 1 saturated heterocycles. The van der Waals surface area contributed by atoms with Crippen LogP contribution < -0.4 is 0 Å². The number of carbonyl (C=O) groups excluding carboxylic acids is 1. The van der Waals surface area contributed by atoms with Crippen LogP contribution in [0.1, 0.15) is 31.4 Å². The van der Waals surface area contributed by atoms with Crippen molar-refractivity contribution >= 4 is 27.5 Å². The fraction of sp³-hybridized carbons (Fsp3) is 0.381. The number of rotatable bonds is 5. The van der Waals surface area contributed by atoms with E-state index in [1.165, 1.54) is 0 Å². The quantitative estimate of drug-likeness (QED) is 0.676. The van der Waals surface area contributed by atoms with Crippen LogP contribution in [-0.4, -0.2) is 43.7 Å². The molecule has 2 aromatic rings. The van der Waals surface area contributed by atoms with Gasteiger partial charge in [-0.05, 0) is 55.7 Å². The summed E-state index contributed by atoms with van der Waals surface area (Å²) in [6.07, 6.45) is 0.624. The monoisotopic (exact) mass is 456 g/mol. The fourth-order valence-corrected chi connectivity index (χ4v) is 5.27. The maximum Gasteiger partial charge on any atom is 0.246 e. The van der Waals surface area contributed by atoms with Crippen LogP contribution >= 0.6 is 11.6 Å². The zero-order valence-corrected chi connectivity index (χ0v) is 18.3. The number of sulfonamides is 1. The first-order valence-electron chi connectivity index (χ1n) is 9.58. The van der Waals surface area contributed by atoms with Gasteiger partial charge in [0.05, 0.1) is 6.04 Å². The van der Waals surface area contributed by atoms with E-state index in [0.29, 0.717) is 23.9 Å². The summed E-state index contributed by atoms with van der Waals surface area (Å²) in [5.41, 5.74) is 0.942. The van der Waals surface area contributed by atoms with Crippen molar-refractivity contribution in [1.82, 2.24) is 9.21 Å². The van der Waals surface area contributed by atoms with Gasteiger partial charge in [0.15, 0.2) is 0 Å². The molecule has 1 aliphatic heterocycles. The van der Waals surface area contributed by atoms with E-state index in [9.17, 15) is 22.0 Å². The van der Waals surface area contributed by atoms with E-state index in [4.69, 9.17) is 11.6 Å². The van der Waals surface area contributed by atoms with Gasteiger partial charge in [-0.3, -0.25) is 4.79 Å². The topological polar surface area (TPSA) is 57.7 Å². The number of piperidine rings is 1. The van der Waals surface area contributed by atoms with Crippen LogP contribution in [0.25, 0.3) is 0 Å². The standard InChI is InChI=1S/C21H23ClF2N2O3S/c1-14(15-3-5-17(22)6-4-15)25(2)21(27)16-9-11-26(12-10-16)30(28,29)20-13-18(23)7-8-19(20)24/h3-8,13-14,16H,9-12H2,1-2H3. The maximum absolute atomic E-state index is 14.0. The minimum Gasteiger partial charge on any atom is -0.339 e. The summed E-state index contributed by atoms with van der Waals surface area (Å²) in [5, 5.41) is 0.614. The first-order valence-corrected chi connectivity index (χ1v) is 11.4. The second kappa shape index (κ2) is 8.99. The number of hydrogen-bond acceptors (Lipinski definition) is 3. The Kier molecular flexibility index (Phi) is 6.79. The third kappa shape index (κ3) is 4.66. The Labute approximate surface area is 180 Å². The van der Waals surface area contributed by atoms with Crippen molar-refractivity contribution in [3.05, 3.63) is 64.7 Å². The number of carbonyl (C=O) groups is 1. The summed E-state index contributed by atoms with van der Waals surface area (Å²) >= 11 is 5.91. The fourth-order valence-electron chi connectivity index (χ4n) is 3.60. The lowest BCUT2D eigenvalue weighted by Gasteiger charge is -2.34. The first-order chi connectivity index (χ1) is 14.1. The van der Waals surface area contributed by atoms with Gasteiger partial charge in [-0.25, -0.2) is 17.2 Å². The number of benzene rings is 2. The highest BCUT2D eigenvalue weighted by atomic mass is 35.5. The molecule has 162 valence electrons. The minimum absolute atomic E-state index is 0.0673. The van der Waals surface area contributed by atoms with Gasteiger partial charge in [-0.2, -0.15) is 4.31 Å². The van der Waals surface area contributed by atoms with Gasteiger partial charge in [0.1, 0.15) is 16.5 Å². The second-order valence-corrected chi connectivity index (χ2v) is 9.77. The summed E-state index contributed by atoms with van der Waals surface area (Å²) in [6, 6.07) is 9.43. The molecule has 2 aromatic carbocycles. The average Bonchev–Trinajstić information content (AvgIpc) is 2.74. The molecular weight excluding hydrogens is 434 g/mol. The van der Waals surface area contributed by atoms with Crippen molar-refractivity contribution in [2.45, 2.75) is 30.7 Å². The van der Waals surface area contributed by atoms with Crippen molar-refractivity contribution in [1.29, 1.82) is 0 Å². The highest BCUT2D eigenvalue weighted by molar-refractivity contribution is 7.89. The molecule has 0 bridgehead atoms. The summed E-state index contributed by atoms with van der Waals surface area (Å²) in [4.78, 5) is 13.9. The summed E-state index contributed by atoms with van der Waals surface area (Å²) in [5.74, 6) is -2.23. The van der Waals surface area contributed by atoms with Gasteiger partial charge in [0.2, 0.25) is 15.9 Å². The van der Waals surface area contributed by atoms with Crippen LogP contribution in [-0.2, 0) is 14.8 Å². The Balaban J connectivity index is 1.66. The zero-order chi connectivity index (χ0) is 22.1. The van der Waals surface area contributed by atoms with Gasteiger partial charge in [0.25, 0.3) is 0 Å². The van der Waals surface area contributed by atoms with Gasteiger partial charge in [-0.1, -0.05) is 23.7 Å². The highest BCUT2D eigenvalue weighted by Crippen LogP contribution is 2.29. The largest absolute Gasteiger partial charge is 0.339 e. The Morgan fingerprint density at radius 2 is 1.73 bits per heavy atom. The molecule has 0 aliphatic carbocycles. The lowest BCUT2D eigenvalue weighted by atomic mass is 9.95. The molecule has 1 atom stereocenters.